The quantitative estimate of drug-likeness (QED) is 0.521. The van der Waals surface area contributed by atoms with Crippen molar-refractivity contribution in [1.82, 2.24) is 9.55 Å². The summed E-state index contributed by atoms with van der Waals surface area (Å²) in [6.07, 6.45) is -6.12. The Bertz CT molecular complexity index is 783. The Morgan fingerprint density at radius 2 is 2.09 bits per heavy atom. The van der Waals surface area contributed by atoms with Crippen molar-refractivity contribution in [1.29, 1.82) is 0 Å². The standard InChI is InChI=1S/C11H13F2N2O7P/c1-2-5-3-15(10(18)14-8(5)17)9-11(12,13)7(16)6(22-9)4-23(19,20)21/h2-3,6-7,9,16H,1,4H2,(H,14,17,18)(H2,19,20,21)/t6-,7-,9-/m1/s1. The van der Waals surface area contributed by atoms with E-state index in [0.29, 0.717) is 4.57 Å². The van der Waals surface area contributed by atoms with E-state index in [-0.39, 0.29) is 5.56 Å². The zero-order valence-electron chi connectivity index (χ0n) is 11.4. The lowest BCUT2D eigenvalue weighted by Gasteiger charge is -2.21. The van der Waals surface area contributed by atoms with Crippen LogP contribution in [-0.4, -0.2) is 48.7 Å². The third kappa shape index (κ3) is 3.33. The fraction of sp³-hybridized carbons (Fsp3) is 0.455. The lowest BCUT2D eigenvalue weighted by atomic mass is 10.1. The number of nitrogens with one attached hydrogen (secondary N) is 1. The van der Waals surface area contributed by atoms with E-state index in [2.05, 4.69) is 6.58 Å². The molecule has 1 saturated heterocycles. The van der Waals surface area contributed by atoms with Gasteiger partial charge in [0.1, 0.15) is 12.2 Å². The number of rotatable bonds is 4. The van der Waals surface area contributed by atoms with Gasteiger partial charge in [-0.1, -0.05) is 12.7 Å². The van der Waals surface area contributed by atoms with Gasteiger partial charge in [-0.05, 0) is 0 Å². The van der Waals surface area contributed by atoms with E-state index < -0.39 is 49.4 Å². The van der Waals surface area contributed by atoms with Gasteiger partial charge in [-0.2, -0.15) is 8.78 Å². The number of hydrogen-bond donors (Lipinski definition) is 4. The largest absolute Gasteiger partial charge is 0.384 e. The number of nitrogens with zero attached hydrogens (tertiary/aromatic N) is 1. The molecule has 0 saturated carbocycles. The van der Waals surface area contributed by atoms with Crippen LogP contribution in [0.1, 0.15) is 11.8 Å². The SMILES string of the molecule is C=Cc1cn([C@@H]2O[C@H](CP(=O)(O)O)[C@@H](O)C2(F)F)c(=O)[nH]c1=O. The van der Waals surface area contributed by atoms with Crippen LogP contribution in [0.25, 0.3) is 6.08 Å². The number of H-pyrrole nitrogens is 1. The van der Waals surface area contributed by atoms with Gasteiger partial charge in [0.15, 0.2) is 0 Å². The molecule has 0 spiro atoms. The first kappa shape index (κ1) is 17.7. The summed E-state index contributed by atoms with van der Waals surface area (Å²) in [5.41, 5.74) is -2.28. The number of aromatic nitrogens is 2. The van der Waals surface area contributed by atoms with Crippen LogP contribution in [0.5, 0.6) is 0 Å². The van der Waals surface area contributed by atoms with Gasteiger partial charge in [0, 0.05) is 6.20 Å². The van der Waals surface area contributed by atoms with Gasteiger partial charge < -0.3 is 19.6 Å². The van der Waals surface area contributed by atoms with Crippen LogP contribution in [0.4, 0.5) is 8.78 Å². The molecule has 1 aromatic heterocycles. The van der Waals surface area contributed by atoms with Crippen molar-refractivity contribution in [2.24, 2.45) is 0 Å². The van der Waals surface area contributed by atoms with Crippen LogP contribution in [0, 0.1) is 0 Å². The molecule has 1 aliphatic rings. The Morgan fingerprint density at radius 1 is 1.48 bits per heavy atom. The highest BCUT2D eigenvalue weighted by atomic mass is 31.2. The second-order valence-corrected chi connectivity index (χ2v) is 6.64. The molecular formula is C11H13F2N2O7P. The number of ether oxygens (including phenoxy) is 1. The van der Waals surface area contributed by atoms with Crippen LogP contribution >= 0.6 is 7.60 Å². The fourth-order valence-corrected chi connectivity index (χ4v) is 2.93. The highest BCUT2D eigenvalue weighted by molar-refractivity contribution is 7.51. The molecule has 4 N–H and O–H groups in total. The van der Waals surface area contributed by atoms with Gasteiger partial charge in [-0.15, -0.1) is 0 Å². The highest BCUT2D eigenvalue weighted by Crippen LogP contribution is 2.47. The number of aromatic amines is 1. The maximum atomic E-state index is 14.1. The van der Waals surface area contributed by atoms with E-state index in [1.54, 1.807) is 4.98 Å². The monoisotopic (exact) mass is 354 g/mol. The Hall–Kier alpha value is -1.65. The second-order valence-electron chi connectivity index (χ2n) is 4.95. The molecule has 23 heavy (non-hydrogen) atoms. The third-order valence-corrected chi connectivity index (χ3v) is 4.10. The van der Waals surface area contributed by atoms with Gasteiger partial charge in [0.25, 0.3) is 5.56 Å². The predicted molar refractivity (Wildman–Crippen MR) is 73.2 cm³/mol. The third-order valence-electron chi connectivity index (χ3n) is 3.27. The molecule has 0 unspecified atom stereocenters. The smallest absolute Gasteiger partial charge is 0.330 e. The summed E-state index contributed by atoms with van der Waals surface area (Å²) in [5, 5.41) is 9.56. The highest BCUT2D eigenvalue weighted by Gasteiger charge is 2.60. The molecule has 128 valence electrons. The maximum absolute atomic E-state index is 14.1. The zero-order valence-corrected chi connectivity index (χ0v) is 12.3. The summed E-state index contributed by atoms with van der Waals surface area (Å²) >= 11 is 0. The number of alkyl halides is 2. The van der Waals surface area contributed by atoms with Crippen molar-refractivity contribution >= 4 is 13.7 Å². The molecule has 12 heteroatoms. The van der Waals surface area contributed by atoms with Gasteiger partial charge in [0.2, 0.25) is 6.23 Å². The van der Waals surface area contributed by atoms with Crippen LogP contribution in [0.2, 0.25) is 0 Å². The molecule has 2 heterocycles. The van der Waals surface area contributed by atoms with E-state index in [4.69, 9.17) is 14.5 Å². The lowest BCUT2D eigenvalue weighted by Crippen LogP contribution is -2.43. The molecule has 1 fully saturated rings. The summed E-state index contributed by atoms with van der Waals surface area (Å²) in [4.78, 5) is 42.6. The van der Waals surface area contributed by atoms with Crippen molar-refractivity contribution in [3.05, 3.63) is 39.2 Å². The number of hydrogen-bond acceptors (Lipinski definition) is 5. The lowest BCUT2D eigenvalue weighted by molar-refractivity contribution is -0.140. The topological polar surface area (TPSA) is 142 Å². The average Bonchev–Trinajstić information content (AvgIpc) is 2.61. The van der Waals surface area contributed by atoms with E-state index in [9.17, 15) is 28.0 Å². The first-order chi connectivity index (χ1) is 10.5. The van der Waals surface area contributed by atoms with Crippen LogP contribution in [0.3, 0.4) is 0 Å². The molecule has 1 aromatic rings. The van der Waals surface area contributed by atoms with Gasteiger partial charge in [0.05, 0.1) is 11.7 Å². The molecule has 0 aliphatic carbocycles. The van der Waals surface area contributed by atoms with Crippen molar-refractivity contribution in [3.8, 4) is 0 Å². The average molecular weight is 354 g/mol. The minimum Gasteiger partial charge on any atom is -0.384 e. The normalized spacial score (nSPS) is 27.1. The molecule has 9 nitrogen and oxygen atoms in total. The molecular weight excluding hydrogens is 341 g/mol. The number of aliphatic hydroxyl groups excluding tert-OH is 1. The Balaban J connectivity index is 2.48. The Kier molecular flexibility index (Phi) is 4.44. The molecule has 0 bridgehead atoms. The van der Waals surface area contributed by atoms with Crippen molar-refractivity contribution in [3.63, 3.8) is 0 Å². The first-order valence-corrected chi connectivity index (χ1v) is 8.01. The van der Waals surface area contributed by atoms with E-state index in [0.717, 1.165) is 12.3 Å². The molecule has 1 aliphatic heterocycles. The van der Waals surface area contributed by atoms with Gasteiger partial charge in [-0.3, -0.25) is 18.9 Å². The van der Waals surface area contributed by atoms with Crippen LogP contribution in [-0.2, 0) is 9.30 Å². The first-order valence-electron chi connectivity index (χ1n) is 6.21. The van der Waals surface area contributed by atoms with Crippen LogP contribution in [0.15, 0.2) is 22.4 Å². The molecule has 3 atom stereocenters. The second kappa shape index (κ2) is 5.77. The van der Waals surface area contributed by atoms with E-state index in [1.807, 2.05) is 0 Å². The van der Waals surface area contributed by atoms with E-state index >= 15 is 0 Å². The van der Waals surface area contributed by atoms with E-state index in [1.165, 1.54) is 0 Å². The summed E-state index contributed by atoms with van der Waals surface area (Å²) < 4.78 is 44.3. The number of halogens is 2. The minimum absolute atomic E-state index is 0.197. The Labute approximate surface area is 127 Å². The van der Waals surface area contributed by atoms with Crippen LogP contribution < -0.4 is 11.2 Å². The summed E-state index contributed by atoms with van der Waals surface area (Å²) in [5.74, 6) is -4.01. The van der Waals surface area contributed by atoms with Crippen molar-refractivity contribution < 1.29 is 33.0 Å². The van der Waals surface area contributed by atoms with Gasteiger partial charge in [-0.25, -0.2) is 4.79 Å². The predicted octanol–water partition coefficient (Wildman–Crippen LogP) is -0.749. The molecule has 0 aromatic carbocycles. The molecule has 0 amide bonds. The summed E-state index contributed by atoms with van der Waals surface area (Å²) in [7, 11) is -4.74. The number of aliphatic hydroxyl groups is 1. The Morgan fingerprint density at radius 3 is 2.61 bits per heavy atom. The minimum atomic E-state index is -4.74. The summed E-state index contributed by atoms with van der Waals surface area (Å²) in [6.45, 7) is 3.29. The maximum Gasteiger partial charge on any atom is 0.330 e. The van der Waals surface area contributed by atoms with Gasteiger partial charge >= 0.3 is 19.2 Å². The van der Waals surface area contributed by atoms with Crippen molar-refractivity contribution in [2.45, 2.75) is 24.4 Å². The fourth-order valence-electron chi connectivity index (χ4n) is 2.17. The molecule has 0 radical (unpaired) electrons. The molecule has 2 rings (SSSR count). The summed E-state index contributed by atoms with van der Waals surface area (Å²) in [6, 6.07) is 0. The zero-order chi connectivity index (χ0) is 17.6. The van der Waals surface area contributed by atoms with Crippen molar-refractivity contribution in [2.75, 3.05) is 6.16 Å².